The Hall–Kier alpha value is -1.72. The van der Waals surface area contributed by atoms with Gasteiger partial charge in [-0.05, 0) is 12.0 Å². The molecule has 118 valence electrons. The van der Waals surface area contributed by atoms with Gasteiger partial charge in [0.25, 0.3) is 0 Å². The normalized spacial score (nSPS) is 13.0. The molecule has 2 aromatic rings. The molecule has 0 aliphatic carbocycles. The van der Waals surface area contributed by atoms with Gasteiger partial charge in [-0.1, -0.05) is 45.0 Å². The van der Waals surface area contributed by atoms with E-state index in [1.165, 1.54) is 7.11 Å². The zero-order chi connectivity index (χ0) is 16.3. The van der Waals surface area contributed by atoms with Crippen LogP contribution in [-0.4, -0.2) is 24.1 Å². The number of thiazole rings is 1. The number of aromatic nitrogens is 1. The molecule has 0 aliphatic heterocycles. The highest BCUT2D eigenvalue weighted by Crippen LogP contribution is 2.29. The number of rotatable bonds is 4. The number of benzene rings is 1. The van der Waals surface area contributed by atoms with Gasteiger partial charge in [0, 0.05) is 16.4 Å². The zero-order valence-corrected chi connectivity index (χ0v) is 14.2. The summed E-state index contributed by atoms with van der Waals surface area (Å²) in [5.41, 5.74) is 9.02. The predicted octanol–water partition coefficient (Wildman–Crippen LogP) is 3.15. The Morgan fingerprint density at radius 2 is 1.95 bits per heavy atom. The molecule has 0 aliphatic rings. The first-order valence-electron chi connectivity index (χ1n) is 7.20. The number of esters is 1. The van der Waals surface area contributed by atoms with Gasteiger partial charge in [0.15, 0.2) is 0 Å². The van der Waals surface area contributed by atoms with Gasteiger partial charge in [-0.25, -0.2) is 4.98 Å². The van der Waals surface area contributed by atoms with E-state index in [1.54, 1.807) is 11.3 Å². The minimum Gasteiger partial charge on any atom is -0.468 e. The van der Waals surface area contributed by atoms with Crippen LogP contribution < -0.4 is 5.73 Å². The number of hydrogen-bond donors (Lipinski definition) is 1. The SMILES string of the molecule is COC(=O)C(N)Cc1ccc(-c2nc(C(C)(C)C)cs2)cc1. The number of methoxy groups -OCH3 is 1. The smallest absolute Gasteiger partial charge is 0.322 e. The highest BCUT2D eigenvalue weighted by atomic mass is 32.1. The number of nitrogens with two attached hydrogens (primary N) is 1. The van der Waals surface area contributed by atoms with Crippen molar-refractivity contribution in [2.45, 2.75) is 38.6 Å². The minimum atomic E-state index is -0.622. The van der Waals surface area contributed by atoms with Crippen molar-refractivity contribution < 1.29 is 9.53 Å². The molecule has 0 saturated heterocycles. The van der Waals surface area contributed by atoms with Crippen LogP contribution in [0.25, 0.3) is 10.6 Å². The summed E-state index contributed by atoms with van der Waals surface area (Å²) in [5.74, 6) is -0.390. The molecule has 1 atom stereocenters. The molecule has 1 aromatic carbocycles. The molecule has 0 fully saturated rings. The summed E-state index contributed by atoms with van der Waals surface area (Å²) < 4.78 is 4.64. The van der Waals surface area contributed by atoms with Crippen LogP contribution in [0.3, 0.4) is 0 Å². The Balaban J connectivity index is 2.12. The molecule has 1 aromatic heterocycles. The monoisotopic (exact) mass is 318 g/mol. The molecule has 0 bridgehead atoms. The largest absolute Gasteiger partial charge is 0.468 e. The maximum atomic E-state index is 11.3. The first-order valence-corrected chi connectivity index (χ1v) is 8.08. The van der Waals surface area contributed by atoms with E-state index in [0.29, 0.717) is 6.42 Å². The molecule has 4 nitrogen and oxygen atoms in total. The summed E-state index contributed by atoms with van der Waals surface area (Å²) in [6.07, 6.45) is 0.470. The van der Waals surface area contributed by atoms with E-state index in [-0.39, 0.29) is 11.4 Å². The van der Waals surface area contributed by atoms with E-state index < -0.39 is 6.04 Å². The van der Waals surface area contributed by atoms with Crippen LogP contribution in [0.15, 0.2) is 29.6 Å². The van der Waals surface area contributed by atoms with Crippen LogP contribution in [0.5, 0.6) is 0 Å². The van der Waals surface area contributed by atoms with E-state index in [9.17, 15) is 4.79 Å². The number of carbonyl (C=O) groups excluding carboxylic acids is 1. The molecule has 0 spiro atoms. The van der Waals surface area contributed by atoms with Crippen LogP contribution in [0.2, 0.25) is 0 Å². The first-order chi connectivity index (χ1) is 10.3. The van der Waals surface area contributed by atoms with Gasteiger partial charge >= 0.3 is 5.97 Å². The van der Waals surface area contributed by atoms with Gasteiger partial charge in [0.1, 0.15) is 11.0 Å². The van der Waals surface area contributed by atoms with Crippen molar-refractivity contribution in [2.75, 3.05) is 7.11 Å². The summed E-state index contributed by atoms with van der Waals surface area (Å²) in [6, 6.07) is 7.38. The maximum Gasteiger partial charge on any atom is 0.322 e. The summed E-state index contributed by atoms with van der Waals surface area (Å²) in [6.45, 7) is 6.47. The fourth-order valence-corrected chi connectivity index (χ4v) is 3.08. The Labute approximate surface area is 135 Å². The summed E-state index contributed by atoms with van der Waals surface area (Å²) in [5, 5.41) is 3.12. The van der Waals surface area contributed by atoms with Crippen molar-refractivity contribution in [3.63, 3.8) is 0 Å². The maximum absolute atomic E-state index is 11.3. The number of carbonyl (C=O) groups is 1. The van der Waals surface area contributed by atoms with Crippen molar-refractivity contribution in [3.8, 4) is 10.6 Å². The molecule has 0 radical (unpaired) electrons. The zero-order valence-electron chi connectivity index (χ0n) is 13.4. The molecule has 1 unspecified atom stereocenters. The molecule has 0 amide bonds. The van der Waals surface area contributed by atoms with Gasteiger partial charge in [0.2, 0.25) is 0 Å². The highest BCUT2D eigenvalue weighted by Gasteiger charge is 2.18. The van der Waals surface area contributed by atoms with Crippen LogP contribution in [0, 0.1) is 0 Å². The third-order valence-corrected chi connectivity index (χ3v) is 4.32. The summed E-state index contributed by atoms with van der Waals surface area (Å²) >= 11 is 1.65. The molecule has 1 heterocycles. The highest BCUT2D eigenvalue weighted by molar-refractivity contribution is 7.13. The minimum absolute atomic E-state index is 0.0575. The van der Waals surface area contributed by atoms with Gasteiger partial charge in [-0.3, -0.25) is 4.79 Å². The van der Waals surface area contributed by atoms with E-state index in [4.69, 9.17) is 10.7 Å². The van der Waals surface area contributed by atoms with E-state index in [1.807, 2.05) is 24.3 Å². The Bertz CT molecular complexity index is 641. The van der Waals surface area contributed by atoms with Crippen molar-refractivity contribution in [1.82, 2.24) is 4.98 Å². The topological polar surface area (TPSA) is 65.2 Å². The standard InChI is InChI=1S/C17H22N2O2S/c1-17(2,3)14-10-22-15(19-14)12-7-5-11(6-8-12)9-13(18)16(20)21-4/h5-8,10,13H,9,18H2,1-4H3. The van der Waals surface area contributed by atoms with E-state index in [0.717, 1.165) is 21.8 Å². The molecule has 2 rings (SSSR count). The van der Waals surface area contributed by atoms with Gasteiger partial charge < -0.3 is 10.5 Å². The molecule has 2 N–H and O–H groups in total. The molecule has 0 saturated carbocycles. The lowest BCUT2D eigenvalue weighted by Crippen LogP contribution is -2.33. The quantitative estimate of drug-likeness (QED) is 0.880. The second kappa shape index (κ2) is 6.58. The van der Waals surface area contributed by atoms with Crippen LogP contribution in [0.4, 0.5) is 0 Å². The third-order valence-electron chi connectivity index (χ3n) is 3.43. The van der Waals surface area contributed by atoms with E-state index >= 15 is 0 Å². The lowest BCUT2D eigenvalue weighted by atomic mass is 9.93. The summed E-state index contributed by atoms with van der Waals surface area (Å²) in [4.78, 5) is 16.0. The Kier molecular flexibility index (Phi) is 4.98. The molecule has 22 heavy (non-hydrogen) atoms. The van der Waals surface area contributed by atoms with Gasteiger partial charge in [-0.15, -0.1) is 11.3 Å². The van der Waals surface area contributed by atoms with Gasteiger partial charge in [-0.2, -0.15) is 0 Å². The summed E-state index contributed by atoms with van der Waals surface area (Å²) in [7, 11) is 1.35. The number of ether oxygens (including phenoxy) is 1. The lowest BCUT2D eigenvalue weighted by Gasteiger charge is -2.14. The van der Waals surface area contributed by atoms with Gasteiger partial charge in [0.05, 0.1) is 12.8 Å². The number of hydrogen-bond acceptors (Lipinski definition) is 5. The lowest BCUT2D eigenvalue weighted by molar-refractivity contribution is -0.142. The second-order valence-corrected chi connectivity index (χ2v) is 7.18. The first kappa shape index (κ1) is 16.6. The van der Waals surface area contributed by atoms with Crippen LogP contribution in [-0.2, 0) is 21.4 Å². The average Bonchev–Trinajstić information content (AvgIpc) is 2.97. The van der Waals surface area contributed by atoms with Crippen LogP contribution >= 0.6 is 11.3 Å². The Morgan fingerprint density at radius 1 is 1.32 bits per heavy atom. The fourth-order valence-electron chi connectivity index (χ4n) is 2.02. The predicted molar refractivity (Wildman–Crippen MR) is 89.9 cm³/mol. The fraction of sp³-hybridized carbons (Fsp3) is 0.412. The Morgan fingerprint density at radius 3 is 2.45 bits per heavy atom. The van der Waals surface area contributed by atoms with Crippen molar-refractivity contribution in [1.29, 1.82) is 0 Å². The van der Waals surface area contributed by atoms with Crippen LogP contribution in [0.1, 0.15) is 32.0 Å². The third kappa shape index (κ3) is 3.93. The second-order valence-electron chi connectivity index (χ2n) is 6.32. The average molecular weight is 318 g/mol. The molecular formula is C17H22N2O2S. The van der Waals surface area contributed by atoms with E-state index in [2.05, 4.69) is 30.9 Å². The van der Waals surface area contributed by atoms with Crippen molar-refractivity contribution >= 4 is 17.3 Å². The molecule has 5 heteroatoms. The van der Waals surface area contributed by atoms with Crippen molar-refractivity contribution in [3.05, 3.63) is 40.9 Å². The van der Waals surface area contributed by atoms with Crippen molar-refractivity contribution in [2.24, 2.45) is 5.73 Å². The molecular weight excluding hydrogens is 296 g/mol. The number of nitrogens with zero attached hydrogens (tertiary/aromatic N) is 1.